The van der Waals surface area contributed by atoms with Gasteiger partial charge in [0.2, 0.25) is 5.91 Å². The summed E-state index contributed by atoms with van der Waals surface area (Å²) in [6.07, 6.45) is 4.15. The van der Waals surface area contributed by atoms with Crippen molar-refractivity contribution in [2.45, 2.75) is 51.2 Å². The predicted octanol–water partition coefficient (Wildman–Crippen LogP) is 3.28. The second-order valence-electron chi connectivity index (χ2n) is 8.15. The van der Waals surface area contributed by atoms with Crippen LogP contribution in [0, 0.1) is 0 Å². The quantitative estimate of drug-likeness (QED) is 0.620. The second-order valence-corrected chi connectivity index (χ2v) is 8.15. The van der Waals surface area contributed by atoms with E-state index in [0.29, 0.717) is 6.42 Å². The molecule has 0 aliphatic heterocycles. The van der Waals surface area contributed by atoms with Gasteiger partial charge in [0.25, 0.3) is 0 Å². The largest absolute Gasteiger partial charge is 0.351 e. The van der Waals surface area contributed by atoms with Gasteiger partial charge in [-0.1, -0.05) is 74.5 Å². The van der Waals surface area contributed by atoms with E-state index in [1.165, 1.54) is 11.1 Å². The lowest BCUT2D eigenvalue weighted by Gasteiger charge is -2.33. The Kier molecular flexibility index (Phi) is 6.49. The normalized spacial score (nSPS) is 13.7. The van der Waals surface area contributed by atoms with Gasteiger partial charge in [-0.2, -0.15) is 0 Å². The topological polar surface area (TPSA) is 72.9 Å². The van der Waals surface area contributed by atoms with E-state index in [9.17, 15) is 4.79 Å². The number of nitrogens with zero attached hydrogens (tertiary/aromatic N) is 2. The molecular weight excluding hydrogens is 360 g/mol. The molecule has 0 spiro atoms. The number of carbonyl (C=O) groups is 1. The van der Waals surface area contributed by atoms with Crippen LogP contribution in [0.3, 0.4) is 0 Å². The van der Waals surface area contributed by atoms with E-state index in [2.05, 4.69) is 48.4 Å². The first-order valence-corrected chi connectivity index (χ1v) is 10.0. The minimum absolute atomic E-state index is 0.0564. The van der Waals surface area contributed by atoms with E-state index < -0.39 is 6.04 Å². The highest BCUT2D eigenvalue weighted by atomic mass is 16.2. The molecule has 0 saturated heterocycles. The van der Waals surface area contributed by atoms with E-state index in [4.69, 9.17) is 5.73 Å². The first-order valence-electron chi connectivity index (χ1n) is 10.0. The van der Waals surface area contributed by atoms with Gasteiger partial charge in [-0.3, -0.25) is 4.79 Å². The maximum atomic E-state index is 12.7. The molecule has 0 bridgehead atoms. The molecule has 5 nitrogen and oxygen atoms in total. The van der Waals surface area contributed by atoms with Crippen LogP contribution in [0.5, 0.6) is 0 Å². The number of nitrogens with one attached hydrogen (secondary N) is 1. The zero-order valence-electron chi connectivity index (χ0n) is 17.4. The SMILES string of the molecule is CC(NC(=O)[C@@H](N)Cc1cn(Cc2ccccc2)cn1)C(C)(C)c1ccccc1. The Bertz CT molecular complexity index is 918. The standard InChI is InChI=1S/C24H30N4O/c1-18(24(2,3)20-12-8-5-9-13-20)27-23(29)22(25)14-21-16-28(17-26-21)15-19-10-6-4-7-11-19/h4-13,16-18,22H,14-15,25H2,1-3H3,(H,27,29)/t18?,22-/m0/s1. The van der Waals surface area contributed by atoms with Crippen molar-refractivity contribution < 1.29 is 4.79 Å². The third-order valence-corrected chi connectivity index (χ3v) is 5.62. The Hall–Kier alpha value is -2.92. The van der Waals surface area contributed by atoms with Crippen molar-refractivity contribution in [1.29, 1.82) is 0 Å². The molecule has 2 aromatic carbocycles. The van der Waals surface area contributed by atoms with Gasteiger partial charge in [-0.25, -0.2) is 4.98 Å². The third-order valence-electron chi connectivity index (χ3n) is 5.62. The van der Waals surface area contributed by atoms with Crippen LogP contribution < -0.4 is 11.1 Å². The van der Waals surface area contributed by atoms with Crippen LogP contribution in [0.15, 0.2) is 73.2 Å². The third kappa shape index (κ3) is 5.33. The lowest BCUT2D eigenvalue weighted by atomic mass is 9.78. The summed E-state index contributed by atoms with van der Waals surface area (Å²) in [4.78, 5) is 17.1. The number of nitrogens with two attached hydrogens (primary N) is 1. The summed E-state index contributed by atoms with van der Waals surface area (Å²) in [7, 11) is 0. The van der Waals surface area contributed by atoms with Gasteiger partial charge in [0, 0.05) is 30.6 Å². The molecule has 2 atom stereocenters. The molecule has 0 aliphatic rings. The fourth-order valence-corrected chi connectivity index (χ4v) is 3.33. The van der Waals surface area contributed by atoms with Crippen molar-refractivity contribution in [2.24, 2.45) is 5.73 Å². The molecule has 0 aliphatic carbocycles. The fourth-order valence-electron chi connectivity index (χ4n) is 3.33. The first kappa shape index (κ1) is 20.8. The molecule has 1 amide bonds. The number of benzene rings is 2. The Morgan fingerprint density at radius 2 is 1.72 bits per heavy atom. The highest BCUT2D eigenvalue weighted by Crippen LogP contribution is 2.26. The number of aromatic nitrogens is 2. The molecule has 1 heterocycles. The van der Waals surface area contributed by atoms with E-state index in [1.807, 2.05) is 54.1 Å². The number of amides is 1. The number of hydrogen-bond acceptors (Lipinski definition) is 3. The number of rotatable bonds is 8. The summed E-state index contributed by atoms with van der Waals surface area (Å²) in [5.41, 5.74) is 9.18. The highest BCUT2D eigenvalue weighted by molar-refractivity contribution is 5.82. The molecule has 29 heavy (non-hydrogen) atoms. The molecule has 0 radical (unpaired) electrons. The summed E-state index contributed by atoms with van der Waals surface area (Å²) in [5, 5.41) is 3.09. The summed E-state index contributed by atoms with van der Waals surface area (Å²) in [5.74, 6) is -0.154. The van der Waals surface area contributed by atoms with Crippen molar-refractivity contribution in [3.8, 4) is 0 Å². The van der Waals surface area contributed by atoms with Gasteiger partial charge in [0.05, 0.1) is 18.1 Å². The average molecular weight is 391 g/mol. The maximum absolute atomic E-state index is 12.7. The first-order chi connectivity index (χ1) is 13.9. The lowest BCUT2D eigenvalue weighted by Crippen LogP contribution is -2.51. The van der Waals surface area contributed by atoms with E-state index in [0.717, 1.165) is 12.2 Å². The molecule has 1 aromatic heterocycles. The van der Waals surface area contributed by atoms with Crippen molar-refractivity contribution in [1.82, 2.24) is 14.9 Å². The molecule has 152 valence electrons. The van der Waals surface area contributed by atoms with Crippen LogP contribution in [-0.4, -0.2) is 27.5 Å². The summed E-state index contributed by atoms with van der Waals surface area (Å²) < 4.78 is 2.01. The van der Waals surface area contributed by atoms with Gasteiger partial charge >= 0.3 is 0 Å². The Morgan fingerprint density at radius 3 is 2.38 bits per heavy atom. The molecule has 1 unspecified atom stereocenters. The van der Waals surface area contributed by atoms with E-state index in [-0.39, 0.29) is 17.4 Å². The summed E-state index contributed by atoms with van der Waals surface area (Å²) >= 11 is 0. The van der Waals surface area contributed by atoms with Gasteiger partial charge in [0.15, 0.2) is 0 Å². The fraction of sp³-hybridized carbons (Fsp3) is 0.333. The van der Waals surface area contributed by atoms with Gasteiger partial charge < -0.3 is 15.6 Å². The smallest absolute Gasteiger partial charge is 0.237 e. The molecular formula is C24H30N4O. The van der Waals surface area contributed by atoms with Crippen LogP contribution in [0.4, 0.5) is 0 Å². The molecule has 5 heteroatoms. The number of hydrogen-bond donors (Lipinski definition) is 2. The number of imidazole rings is 1. The maximum Gasteiger partial charge on any atom is 0.237 e. The van der Waals surface area contributed by atoms with Crippen molar-refractivity contribution >= 4 is 5.91 Å². The number of carbonyl (C=O) groups excluding carboxylic acids is 1. The Balaban J connectivity index is 1.57. The molecule has 3 aromatic rings. The van der Waals surface area contributed by atoms with Crippen LogP contribution in [0.2, 0.25) is 0 Å². The minimum Gasteiger partial charge on any atom is -0.351 e. The van der Waals surface area contributed by atoms with Crippen LogP contribution >= 0.6 is 0 Å². The van der Waals surface area contributed by atoms with Crippen LogP contribution in [0.1, 0.15) is 37.6 Å². The van der Waals surface area contributed by atoms with E-state index in [1.54, 1.807) is 6.33 Å². The van der Waals surface area contributed by atoms with Gasteiger partial charge in [0.1, 0.15) is 0 Å². The second kappa shape index (κ2) is 9.05. The zero-order chi connectivity index (χ0) is 20.9. The van der Waals surface area contributed by atoms with E-state index >= 15 is 0 Å². The highest BCUT2D eigenvalue weighted by Gasteiger charge is 2.30. The molecule has 0 fully saturated rings. The average Bonchev–Trinajstić information content (AvgIpc) is 3.16. The van der Waals surface area contributed by atoms with Gasteiger partial charge in [-0.05, 0) is 18.1 Å². The summed E-state index contributed by atoms with van der Waals surface area (Å²) in [6.45, 7) is 7.03. The van der Waals surface area contributed by atoms with Crippen molar-refractivity contribution in [3.63, 3.8) is 0 Å². The van der Waals surface area contributed by atoms with Crippen molar-refractivity contribution in [2.75, 3.05) is 0 Å². The monoisotopic (exact) mass is 390 g/mol. The Morgan fingerprint density at radius 1 is 1.10 bits per heavy atom. The van der Waals surface area contributed by atoms with Crippen LogP contribution in [0.25, 0.3) is 0 Å². The van der Waals surface area contributed by atoms with Crippen LogP contribution in [-0.2, 0) is 23.2 Å². The Labute approximate surface area is 173 Å². The van der Waals surface area contributed by atoms with Gasteiger partial charge in [-0.15, -0.1) is 0 Å². The molecule has 3 rings (SSSR count). The zero-order valence-corrected chi connectivity index (χ0v) is 17.4. The molecule has 3 N–H and O–H groups in total. The van der Waals surface area contributed by atoms with Crippen molar-refractivity contribution in [3.05, 3.63) is 90.0 Å². The molecule has 0 saturated carbocycles. The lowest BCUT2D eigenvalue weighted by molar-refractivity contribution is -0.123. The minimum atomic E-state index is -0.635. The summed E-state index contributed by atoms with van der Waals surface area (Å²) in [6, 6.07) is 19.7. The predicted molar refractivity (Wildman–Crippen MR) is 117 cm³/mol.